The highest BCUT2D eigenvalue weighted by Crippen LogP contribution is 2.33. The monoisotopic (exact) mass is 407 g/mol. The average Bonchev–Trinajstić information content (AvgIpc) is 3.12. The summed E-state index contributed by atoms with van der Waals surface area (Å²) in [6.45, 7) is 3.08. The van der Waals surface area contributed by atoms with Crippen LogP contribution in [0.5, 0.6) is 5.75 Å². The molecule has 0 aromatic heterocycles. The maximum atomic E-state index is 12.8. The molecule has 0 spiro atoms. The van der Waals surface area contributed by atoms with Crippen LogP contribution in [0, 0.1) is 0 Å². The Labute approximate surface area is 164 Å². The third-order valence-corrected chi connectivity index (χ3v) is 6.50. The number of ether oxygens (including phenoxy) is 1. The minimum absolute atomic E-state index is 0.103. The second-order valence-corrected chi connectivity index (χ2v) is 8.89. The average molecular weight is 408 g/mol. The van der Waals surface area contributed by atoms with Gasteiger partial charge >= 0.3 is 0 Å². The quantitative estimate of drug-likeness (QED) is 0.729. The molecule has 27 heavy (non-hydrogen) atoms. The maximum absolute atomic E-state index is 12.8. The molecule has 1 aliphatic heterocycles. The summed E-state index contributed by atoms with van der Waals surface area (Å²) in [5.41, 5.74) is 0.994. The smallest absolute Gasteiger partial charge is 0.238 e. The first-order chi connectivity index (χ1) is 12.9. The second kappa shape index (κ2) is 8.31. The molecule has 2 aromatic carbocycles. The van der Waals surface area contributed by atoms with Gasteiger partial charge in [-0.2, -0.15) is 0 Å². The van der Waals surface area contributed by atoms with Gasteiger partial charge in [0.25, 0.3) is 0 Å². The summed E-state index contributed by atoms with van der Waals surface area (Å²) in [5.74, 6) is -0.133. The molecule has 1 amide bonds. The van der Waals surface area contributed by atoms with E-state index in [-0.39, 0.29) is 16.8 Å². The van der Waals surface area contributed by atoms with Gasteiger partial charge in [-0.1, -0.05) is 23.7 Å². The molecule has 1 fully saturated rings. The van der Waals surface area contributed by atoms with Crippen LogP contribution in [0.15, 0.2) is 53.4 Å². The van der Waals surface area contributed by atoms with E-state index in [0.717, 1.165) is 24.2 Å². The van der Waals surface area contributed by atoms with Crippen LogP contribution in [0.4, 0.5) is 0 Å². The molecule has 1 unspecified atom stereocenters. The number of benzene rings is 2. The molecule has 3 rings (SSSR count). The number of hydrogen-bond acceptors (Lipinski definition) is 4. The fraction of sp³-hybridized carbons (Fsp3) is 0.350. The number of nitrogens with zero attached hydrogens (tertiary/aromatic N) is 1. The van der Waals surface area contributed by atoms with Crippen molar-refractivity contribution in [3.63, 3.8) is 0 Å². The van der Waals surface area contributed by atoms with Crippen LogP contribution < -0.4 is 4.74 Å². The van der Waals surface area contributed by atoms with E-state index in [1.54, 1.807) is 4.90 Å². The summed E-state index contributed by atoms with van der Waals surface area (Å²) in [6, 6.07) is 13.4. The first kappa shape index (κ1) is 19.7. The normalized spacial score (nSPS) is 17.1. The summed E-state index contributed by atoms with van der Waals surface area (Å²) in [4.78, 5) is 14.5. The molecule has 1 saturated heterocycles. The standard InChI is InChI=1S/C20H22ClNO4S/c1-2-26-17-9-5-15(6-10-17)19-4-3-13-22(19)20(23)14-27(24,25)18-11-7-16(21)8-12-18/h5-12,19H,2-4,13-14H2,1H3. The Bertz CT molecular complexity index is 895. The Morgan fingerprint density at radius 1 is 1.15 bits per heavy atom. The van der Waals surface area contributed by atoms with E-state index in [1.807, 2.05) is 31.2 Å². The number of rotatable bonds is 6. The highest BCUT2D eigenvalue weighted by molar-refractivity contribution is 7.92. The number of carbonyl (C=O) groups is 1. The van der Waals surface area contributed by atoms with Gasteiger partial charge in [-0.15, -0.1) is 0 Å². The predicted octanol–water partition coefficient (Wildman–Crippen LogP) is 3.88. The molecule has 1 heterocycles. The van der Waals surface area contributed by atoms with Gasteiger partial charge in [0.1, 0.15) is 11.5 Å². The molecule has 0 bridgehead atoms. The van der Waals surface area contributed by atoms with E-state index in [9.17, 15) is 13.2 Å². The first-order valence-electron chi connectivity index (χ1n) is 8.91. The molecular weight excluding hydrogens is 386 g/mol. The molecule has 0 aliphatic carbocycles. The fourth-order valence-corrected chi connectivity index (χ4v) is 4.67. The molecule has 0 radical (unpaired) electrons. The number of amides is 1. The van der Waals surface area contributed by atoms with E-state index in [0.29, 0.717) is 18.2 Å². The Morgan fingerprint density at radius 3 is 2.44 bits per heavy atom. The van der Waals surface area contributed by atoms with Crippen LogP contribution in [0.3, 0.4) is 0 Å². The van der Waals surface area contributed by atoms with Gasteiger partial charge in [0.2, 0.25) is 5.91 Å². The van der Waals surface area contributed by atoms with Crippen molar-refractivity contribution in [2.45, 2.75) is 30.7 Å². The Hall–Kier alpha value is -2.05. The predicted molar refractivity (Wildman–Crippen MR) is 105 cm³/mol. The largest absolute Gasteiger partial charge is 0.494 e. The van der Waals surface area contributed by atoms with E-state index in [1.165, 1.54) is 24.3 Å². The van der Waals surface area contributed by atoms with Crippen LogP contribution in [0.1, 0.15) is 31.4 Å². The topological polar surface area (TPSA) is 63.7 Å². The number of sulfone groups is 1. The lowest BCUT2D eigenvalue weighted by Gasteiger charge is -2.25. The van der Waals surface area contributed by atoms with Crippen molar-refractivity contribution in [2.24, 2.45) is 0 Å². The first-order valence-corrected chi connectivity index (χ1v) is 10.9. The second-order valence-electron chi connectivity index (χ2n) is 6.46. The van der Waals surface area contributed by atoms with Crippen molar-refractivity contribution >= 4 is 27.3 Å². The summed E-state index contributed by atoms with van der Waals surface area (Å²) in [7, 11) is -3.70. The van der Waals surface area contributed by atoms with Crippen molar-refractivity contribution < 1.29 is 17.9 Å². The molecule has 0 N–H and O–H groups in total. The van der Waals surface area contributed by atoms with E-state index < -0.39 is 15.6 Å². The number of hydrogen-bond donors (Lipinski definition) is 0. The molecule has 7 heteroatoms. The number of carbonyl (C=O) groups excluding carboxylic acids is 1. The molecular formula is C20H22ClNO4S. The van der Waals surface area contributed by atoms with E-state index in [4.69, 9.17) is 16.3 Å². The highest BCUT2D eigenvalue weighted by atomic mass is 35.5. The van der Waals surface area contributed by atoms with Crippen LogP contribution in [0.25, 0.3) is 0 Å². The zero-order valence-corrected chi connectivity index (χ0v) is 16.7. The lowest BCUT2D eigenvalue weighted by atomic mass is 10.0. The molecule has 5 nitrogen and oxygen atoms in total. The van der Waals surface area contributed by atoms with Crippen molar-refractivity contribution in [1.29, 1.82) is 0 Å². The third kappa shape index (κ3) is 4.62. The van der Waals surface area contributed by atoms with Gasteiger partial charge in [0, 0.05) is 11.6 Å². The van der Waals surface area contributed by atoms with Crippen LogP contribution >= 0.6 is 11.6 Å². The van der Waals surface area contributed by atoms with E-state index >= 15 is 0 Å². The Balaban J connectivity index is 1.74. The van der Waals surface area contributed by atoms with Crippen LogP contribution in [-0.2, 0) is 14.6 Å². The third-order valence-electron chi connectivity index (χ3n) is 4.64. The zero-order chi connectivity index (χ0) is 19.4. The summed E-state index contributed by atoms with van der Waals surface area (Å²) in [6.07, 6.45) is 1.67. The zero-order valence-electron chi connectivity index (χ0n) is 15.1. The van der Waals surface area contributed by atoms with Gasteiger partial charge in [0.05, 0.1) is 17.5 Å². The summed E-state index contributed by atoms with van der Waals surface area (Å²) in [5, 5.41) is 0.454. The van der Waals surface area contributed by atoms with Crippen molar-refractivity contribution in [3.8, 4) is 5.75 Å². The van der Waals surface area contributed by atoms with E-state index in [2.05, 4.69) is 0 Å². The van der Waals surface area contributed by atoms with Gasteiger partial charge in [-0.25, -0.2) is 8.42 Å². The maximum Gasteiger partial charge on any atom is 0.238 e. The van der Waals surface area contributed by atoms with Gasteiger partial charge in [-0.3, -0.25) is 4.79 Å². The summed E-state index contributed by atoms with van der Waals surface area (Å²) >= 11 is 5.81. The van der Waals surface area contributed by atoms with Gasteiger partial charge in [-0.05, 0) is 61.7 Å². The number of likely N-dealkylation sites (tertiary alicyclic amines) is 1. The van der Waals surface area contributed by atoms with Crippen LogP contribution in [-0.4, -0.2) is 38.1 Å². The van der Waals surface area contributed by atoms with Crippen molar-refractivity contribution in [3.05, 3.63) is 59.1 Å². The Morgan fingerprint density at radius 2 is 1.81 bits per heavy atom. The molecule has 2 aromatic rings. The Kier molecular flexibility index (Phi) is 6.07. The van der Waals surface area contributed by atoms with Gasteiger partial charge in [0.15, 0.2) is 9.84 Å². The molecule has 1 atom stereocenters. The minimum Gasteiger partial charge on any atom is -0.494 e. The molecule has 1 aliphatic rings. The van der Waals surface area contributed by atoms with Crippen LogP contribution in [0.2, 0.25) is 5.02 Å². The van der Waals surface area contributed by atoms with Gasteiger partial charge < -0.3 is 9.64 Å². The molecule has 144 valence electrons. The van der Waals surface area contributed by atoms with Crippen molar-refractivity contribution in [2.75, 3.05) is 18.9 Å². The highest BCUT2D eigenvalue weighted by Gasteiger charge is 2.32. The summed E-state index contributed by atoms with van der Waals surface area (Å²) < 4.78 is 30.6. The number of halogens is 1. The molecule has 0 saturated carbocycles. The minimum atomic E-state index is -3.70. The fourth-order valence-electron chi connectivity index (χ4n) is 3.34. The lowest BCUT2D eigenvalue weighted by Crippen LogP contribution is -2.35. The SMILES string of the molecule is CCOc1ccc(C2CCCN2C(=O)CS(=O)(=O)c2ccc(Cl)cc2)cc1. The lowest BCUT2D eigenvalue weighted by molar-refractivity contribution is -0.129. The van der Waals surface area contributed by atoms with Crippen molar-refractivity contribution in [1.82, 2.24) is 4.90 Å².